The first kappa shape index (κ1) is 19.2. The van der Waals surface area contributed by atoms with Crippen molar-refractivity contribution >= 4 is 5.91 Å². The monoisotopic (exact) mass is 325 g/mol. The normalized spacial score (nSPS) is 33.0. The molecule has 0 spiro atoms. The Balaban J connectivity index is 2.56. The van der Waals surface area contributed by atoms with E-state index < -0.39 is 62.0 Å². The van der Waals surface area contributed by atoms with E-state index in [2.05, 4.69) is 5.32 Å². The maximum atomic E-state index is 11.8. The van der Waals surface area contributed by atoms with Crippen LogP contribution in [-0.4, -0.2) is 97.7 Å². The quantitative estimate of drug-likeness (QED) is 0.228. The predicted molar refractivity (Wildman–Crippen MR) is 70.2 cm³/mol. The Bertz CT molecular complexity index is 355. The summed E-state index contributed by atoms with van der Waals surface area (Å²) in [6, 6.07) is -1.05. The number of ether oxygens (including phenoxy) is 1. The second-order valence-corrected chi connectivity index (χ2v) is 5.18. The average Bonchev–Trinajstić information content (AvgIpc) is 2.49. The van der Waals surface area contributed by atoms with Crippen LogP contribution in [0.5, 0.6) is 0 Å². The molecule has 1 fully saturated rings. The molecule has 1 amide bonds. The maximum absolute atomic E-state index is 11.8. The third-order valence-corrected chi connectivity index (χ3v) is 3.50. The smallest absolute Gasteiger partial charge is 0.252 e. The zero-order chi connectivity index (χ0) is 16.9. The summed E-state index contributed by atoms with van der Waals surface area (Å²) in [5.74, 6) is -1.08. The molecule has 1 aliphatic heterocycles. The second-order valence-electron chi connectivity index (χ2n) is 5.18. The van der Waals surface area contributed by atoms with E-state index in [-0.39, 0.29) is 12.8 Å². The van der Waals surface area contributed by atoms with Gasteiger partial charge >= 0.3 is 0 Å². The molecule has 8 N–H and O–H groups in total. The van der Waals surface area contributed by atoms with Crippen molar-refractivity contribution in [1.29, 1.82) is 0 Å². The number of aliphatic hydroxyl groups excluding tert-OH is 7. The molecule has 0 aromatic carbocycles. The van der Waals surface area contributed by atoms with Crippen LogP contribution >= 0.6 is 0 Å². The third kappa shape index (κ3) is 4.83. The van der Waals surface area contributed by atoms with E-state index in [0.29, 0.717) is 0 Å². The molecule has 0 unspecified atom stereocenters. The van der Waals surface area contributed by atoms with Crippen LogP contribution in [0.3, 0.4) is 0 Å². The Morgan fingerprint density at radius 1 is 1.23 bits per heavy atom. The Hall–Kier alpha value is -0.850. The Kier molecular flexibility index (Phi) is 7.59. The van der Waals surface area contributed by atoms with E-state index in [1.54, 1.807) is 0 Å². The van der Waals surface area contributed by atoms with Gasteiger partial charge in [0, 0.05) is 13.0 Å². The van der Waals surface area contributed by atoms with Crippen molar-refractivity contribution in [2.24, 2.45) is 0 Å². The van der Waals surface area contributed by atoms with Gasteiger partial charge < -0.3 is 45.8 Å². The summed E-state index contributed by atoms with van der Waals surface area (Å²) < 4.78 is 4.90. The zero-order valence-electron chi connectivity index (χ0n) is 11.8. The van der Waals surface area contributed by atoms with E-state index >= 15 is 0 Å². The van der Waals surface area contributed by atoms with Crippen molar-refractivity contribution in [3.05, 3.63) is 0 Å². The minimum Gasteiger partial charge on any atom is -0.396 e. The molecular formula is C12H23NO9. The Morgan fingerprint density at radius 3 is 2.41 bits per heavy atom. The molecule has 1 heterocycles. The van der Waals surface area contributed by atoms with Gasteiger partial charge in [-0.25, -0.2) is 0 Å². The SMILES string of the molecule is O=C(N[C@@H]1C[C@H](O)[C@@H](CO)O[C@@H]1O)[C@H](O)[C@@H](O)[C@H](O)CCO. The molecule has 0 aliphatic carbocycles. The van der Waals surface area contributed by atoms with E-state index in [9.17, 15) is 30.3 Å². The summed E-state index contributed by atoms with van der Waals surface area (Å²) in [5.41, 5.74) is 0. The lowest BCUT2D eigenvalue weighted by molar-refractivity contribution is -0.222. The fraction of sp³-hybridized carbons (Fsp3) is 0.917. The molecule has 1 saturated heterocycles. The lowest BCUT2D eigenvalue weighted by Crippen LogP contribution is -2.58. The van der Waals surface area contributed by atoms with E-state index in [0.717, 1.165) is 0 Å². The highest BCUT2D eigenvalue weighted by molar-refractivity contribution is 5.81. The van der Waals surface area contributed by atoms with Crippen LogP contribution in [0.4, 0.5) is 0 Å². The standard InChI is InChI=1S/C12H23NO9/c14-2-1-6(16)9(18)10(19)11(20)13-5-3-7(17)8(4-15)22-12(5)21/h5-10,12,14-19,21H,1-4H2,(H,13,20)/t5-,6-,7+,8-,9+,10-,12+/m1/s1. The van der Waals surface area contributed by atoms with Crippen molar-refractivity contribution in [3.8, 4) is 0 Å². The summed E-state index contributed by atoms with van der Waals surface area (Å²) in [7, 11) is 0. The van der Waals surface area contributed by atoms with Gasteiger partial charge in [-0.3, -0.25) is 4.79 Å². The van der Waals surface area contributed by atoms with Crippen molar-refractivity contribution in [2.45, 2.75) is 55.7 Å². The molecule has 0 saturated carbocycles. The average molecular weight is 325 g/mol. The predicted octanol–water partition coefficient (Wildman–Crippen LogP) is -4.60. The number of amides is 1. The molecule has 0 bridgehead atoms. The number of nitrogens with one attached hydrogen (secondary N) is 1. The minimum atomic E-state index is -1.98. The Morgan fingerprint density at radius 2 is 1.86 bits per heavy atom. The number of aliphatic hydroxyl groups is 7. The molecule has 1 rings (SSSR count). The molecule has 1 aliphatic rings. The summed E-state index contributed by atoms with van der Waals surface area (Å²) in [5, 5.41) is 67.7. The topological polar surface area (TPSA) is 180 Å². The van der Waals surface area contributed by atoms with Crippen LogP contribution < -0.4 is 5.32 Å². The maximum Gasteiger partial charge on any atom is 0.252 e. The molecule has 10 nitrogen and oxygen atoms in total. The third-order valence-electron chi connectivity index (χ3n) is 3.50. The van der Waals surface area contributed by atoms with Gasteiger partial charge in [-0.2, -0.15) is 0 Å². The van der Waals surface area contributed by atoms with Crippen LogP contribution in [0.15, 0.2) is 0 Å². The summed E-state index contributed by atoms with van der Waals surface area (Å²) >= 11 is 0. The van der Waals surface area contributed by atoms with Gasteiger partial charge in [-0.1, -0.05) is 0 Å². The highest BCUT2D eigenvalue weighted by Gasteiger charge is 2.38. The highest BCUT2D eigenvalue weighted by atomic mass is 16.6. The number of rotatable bonds is 7. The van der Waals surface area contributed by atoms with Crippen LogP contribution in [0.2, 0.25) is 0 Å². The lowest BCUT2D eigenvalue weighted by atomic mass is 9.99. The van der Waals surface area contributed by atoms with E-state index in [1.165, 1.54) is 0 Å². The van der Waals surface area contributed by atoms with Crippen LogP contribution in [0, 0.1) is 0 Å². The van der Waals surface area contributed by atoms with Gasteiger partial charge in [-0.15, -0.1) is 0 Å². The first-order valence-electron chi connectivity index (χ1n) is 6.89. The molecule has 0 aromatic rings. The number of carbonyl (C=O) groups excluding carboxylic acids is 1. The van der Waals surface area contributed by atoms with Crippen molar-refractivity contribution in [2.75, 3.05) is 13.2 Å². The van der Waals surface area contributed by atoms with Crippen LogP contribution in [0.1, 0.15) is 12.8 Å². The van der Waals surface area contributed by atoms with E-state index in [1.807, 2.05) is 0 Å². The van der Waals surface area contributed by atoms with Crippen LogP contribution in [0.25, 0.3) is 0 Å². The molecule has 10 heteroatoms. The summed E-state index contributed by atoms with van der Waals surface area (Å²) in [6.45, 7) is -0.940. The molecule has 0 aromatic heterocycles. The first-order chi connectivity index (χ1) is 10.3. The fourth-order valence-corrected chi connectivity index (χ4v) is 2.12. The van der Waals surface area contributed by atoms with Gasteiger partial charge in [-0.05, 0) is 6.42 Å². The van der Waals surface area contributed by atoms with E-state index in [4.69, 9.17) is 14.9 Å². The zero-order valence-corrected chi connectivity index (χ0v) is 11.8. The van der Waals surface area contributed by atoms with Gasteiger partial charge in [0.15, 0.2) is 12.4 Å². The number of hydrogen-bond acceptors (Lipinski definition) is 9. The summed E-state index contributed by atoms with van der Waals surface area (Å²) in [6.07, 6.45) is -9.26. The Labute approximate surface area is 126 Å². The first-order valence-corrected chi connectivity index (χ1v) is 6.89. The molecular weight excluding hydrogens is 302 g/mol. The van der Waals surface area contributed by atoms with Gasteiger partial charge in [0.2, 0.25) is 0 Å². The molecule has 130 valence electrons. The second kappa shape index (κ2) is 8.70. The number of carbonyl (C=O) groups is 1. The van der Waals surface area contributed by atoms with Crippen LogP contribution in [-0.2, 0) is 9.53 Å². The lowest BCUT2D eigenvalue weighted by Gasteiger charge is -2.37. The molecule has 7 atom stereocenters. The van der Waals surface area contributed by atoms with Crippen molar-refractivity contribution in [1.82, 2.24) is 5.32 Å². The molecule has 0 radical (unpaired) electrons. The highest BCUT2D eigenvalue weighted by Crippen LogP contribution is 2.19. The van der Waals surface area contributed by atoms with Crippen molar-refractivity contribution < 1.29 is 45.3 Å². The van der Waals surface area contributed by atoms with Crippen molar-refractivity contribution in [3.63, 3.8) is 0 Å². The van der Waals surface area contributed by atoms with Gasteiger partial charge in [0.05, 0.1) is 24.9 Å². The minimum absolute atomic E-state index is 0.125. The number of hydrogen-bond donors (Lipinski definition) is 8. The largest absolute Gasteiger partial charge is 0.396 e. The van der Waals surface area contributed by atoms with Gasteiger partial charge in [0.1, 0.15) is 12.2 Å². The fourth-order valence-electron chi connectivity index (χ4n) is 2.12. The summed E-state index contributed by atoms with van der Waals surface area (Å²) in [4.78, 5) is 11.8. The van der Waals surface area contributed by atoms with Gasteiger partial charge in [0.25, 0.3) is 5.91 Å². The molecule has 22 heavy (non-hydrogen) atoms.